The summed E-state index contributed by atoms with van der Waals surface area (Å²) in [5.41, 5.74) is 5.05. The second kappa shape index (κ2) is 12.0. The number of carboxylic acids is 1. The summed E-state index contributed by atoms with van der Waals surface area (Å²) in [4.78, 5) is 15.8. The van der Waals surface area contributed by atoms with E-state index in [4.69, 9.17) is 14.8 Å². The second-order valence-electron chi connectivity index (χ2n) is 8.81. The molecule has 33 heavy (non-hydrogen) atoms. The molecular weight excluding hydrogens is 425 g/mol. The minimum Gasteiger partial charge on any atom is -0.481 e. The van der Waals surface area contributed by atoms with Gasteiger partial charge in [0.1, 0.15) is 5.82 Å². The summed E-state index contributed by atoms with van der Waals surface area (Å²) in [6.45, 7) is 8.49. The van der Waals surface area contributed by atoms with Crippen molar-refractivity contribution in [3.8, 4) is 11.1 Å². The number of ether oxygens (including phenoxy) is 1. The third kappa shape index (κ3) is 7.19. The molecule has 7 heteroatoms. The number of halogens is 1. The third-order valence-electron chi connectivity index (χ3n) is 5.32. The lowest BCUT2D eigenvalue weighted by molar-refractivity contribution is -0.139. The van der Waals surface area contributed by atoms with Crippen LogP contribution in [0.3, 0.4) is 0 Å². The fraction of sp³-hybridized carbons (Fsp3) is 0.462. The van der Waals surface area contributed by atoms with Gasteiger partial charge in [-0.1, -0.05) is 52.0 Å². The molecule has 1 heterocycles. The van der Waals surface area contributed by atoms with Crippen LogP contribution in [0.15, 0.2) is 30.3 Å². The summed E-state index contributed by atoms with van der Waals surface area (Å²) in [6, 6.07) is 6.23. The maximum absolute atomic E-state index is 13.7. The van der Waals surface area contributed by atoms with Crippen molar-refractivity contribution in [1.82, 2.24) is 4.98 Å². The number of hydrogen-bond donors (Lipinski definition) is 3. The number of carboxylic acid groups (broad SMARTS) is 1. The smallest absolute Gasteiger partial charge is 0.305 e. The highest BCUT2D eigenvalue weighted by molar-refractivity contribution is 5.80. The van der Waals surface area contributed by atoms with Gasteiger partial charge in [-0.3, -0.25) is 9.78 Å². The Bertz CT molecular complexity index is 970. The van der Waals surface area contributed by atoms with E-state index in [1.807, 2.05) is 13.8 Å². The molecule has 3 N–H and O–H groups in total. The number of aliphatic hydroxyl groups excluding tert-OH is 2. The first-order valence-corrected chi connectivity index (χ1v) is 11.1. The van der Waals surface area contributed by atoms with Crippen molar-refractivity contribution in [1.29, 1.82) is 0 Å². The van der Waals surface area contributed by atoms with Crippen LogP contribution in [0.2, 0.25) is 0 Å². The van der Waals surface area contributed by atoms with E-state index in [1.54, 1.807) is 25.3 Å². The molecule has 2 aromatic rings. The van der Waals surface area contributed by atoms with Crippen LogP contribution in [-0.4, -0.2) is 45.6 Å². The highest BCUT2D eigenvalue weighted by Crippen LogP contribution is 2.37. The molecular formula is C26H34FNO5. The van der Waals surface area contributed by atoms with Crippen molar-refractivity contribution < 1.29 is 29.2 Å². The Morgan fingerprint density at radius 2 is 1.70 bits per heavy atom. The van der Waals surface area contributed by atoms with Crippen molar-refractivity contribution >= 4 is 12.0 Å². The number of aliphatic carboxylic acids is 1. The molecule has 0 saturated carbocycles. The minimum absolute atomic E-state index is 0.0627. The van der Waals surface area contributed by atoms with Crippen molar-refractivity contribution in [2.45, 2.75) is 71.2 Å². The third-order valence-corrected chi connectivity index (χ3v) is 5.32. The zero-order valence-corrected chi connectivity index (χ0v) is 19.9. The number of benzene rings is 1. The van der Waals surface area contributed by atoms with Gasteiger partial charge in [-0.25, -0.2) is 4.39 Å². The number of aliphatic hydroxyl groups is 2. The number of pyridine rings is 1. The molecule has 0 radical (unpaired) electrons. The van der Waals surface area contributed by atoms with Gasteiger partial charge < -0.3 is 20.1 Å². The van der Waals surface area contributed by atoms with E-state index >= 15 is 0 Å². The molecule has 0 aliphatic heterocycles. The van der Waals surface area contributed by atoms with E-state index in [1.165, 1.54) is 18.2 Å². The van der Waals surface area contributed by atoms with Crippen LogP contribution in [0.4, 0.5) is 4.39 Å². The van der Waals surface area contributed by atoms with Gasteiger partial charge >= 0.3 is 5.97 Å². The van der Waals surface area contributed by atoms with E-state index in [2.05, 4.69) is 13.8 Å². The van der Waals surface area contributed by atoms with Gasteiger partial charge in [0.05, 0.1) is 30.9 Å². The first-order valence-electron chi connectivity index (χ1n) is 11.1. The fourth-order valence-corrected chi connectivity index (χ4v) is 3.85. The van der Waals surface area contributed by atoms with Crippen molar-refractivity contribution in [2.75, 3.05) is 7.11 Å². The van der Waals surface area contributed by atoms with Gasteiger partial charge in [0, 0.05) is 30.4 Å². The van der Waals surface area contributed by atoms with Gasteiger partial charge in [-0.15, -0.1) is 0 Å². The number of nitrogens with zero attached hydrogens (tertiary/aromatic N) is 1. The number of carbonyl (C=O) groups is 1. The molecule has 2 rings (SSSR count). The molecule has 1 aromatic heterocycles. The Kier molecular flexibility index (Phi) is 9.70. The molecule has 0 saturated heterocycles. The number of methoxy groups -OCH3 is 1. The average Bonchev–Trinajstić information content (AvgIpc) is 2.72. The maximum atomic E-state index is 13.7. The minimum atomic E-state index is -1.16. The molecule has 0 aliphatic carbocycles. The van der Waals surface area contributed by atoms with Crippen molar-refractivity contribution in [3.05, 3.63) is 58.7 Å². The van der Waals surface area contributed by atoms with Crippen LogP contribution in [-0.2, 0) is 16.1 Å². The first kappa shape index (κ1) is 26.6. The Labute approximate surface area is 194 Å². The van der Waals surface area contributed by atoms with Crippen LogP contribution < -0.4 is 0 Å². The normalized spacial score (nSPS) is 13.8. The van der Waals surface area contributed by atoms with E-state index in [0.717, 1.165) is 33.6 Å². The molecule has 180 valence electrons. The van der Waals surface area contributed by atoms with Crippen LogP contribution in [0, 0.1) is 5.82 Å². The summed E-state index contributed by atoms with van der Waals surface area (Å²) in [5, 5.41) is 29.1. The van der Waals surface area contributed by atoms with Gasteiger partial charge in [0.15, 0.2) is 0 Å². The highest BCUT2D eigenvalue weighted by atomic mass is 19.1. The summed E-state index contributed by atoms with van der Waals surface area (Å²) in [6.07, 6.45) is 0.541. The van der Waals surface area contributed by atoms with Gasteiger partial charge in [-0.05, 0) is 35.1 Å². The monoisotopic (exact) mass is 459 g/mol. The van der Waals surface area contributed by atoms with E-state index in [9.17, 15) is 19.4 Å². The summed E-state index contributed by atoms with van der Waals surface area (Å²) >= 11 is 0. The highest BCUT2D eigenvalue weighted by Gasteiger charge is 2.23. The first-order chi connectivity index (χ1) is 15.5. The molecule has 1 aromatic carbocycles. The molecule has 0 amide bonds. The van der Waals surface area contributed by atoms with E-state index in [0.29, 0.717) is 6.61 Å². The van der Waals surface area contributed by atoms with Crippen LogP contribution in [0.5, 0.6) is 0 Å². The van der Waals surface area contributed by atoms with Gasteiger partial charge in [0.2, 0.25) is 0 Å². The van der Waals surface area contributed by atoms with Gasteiger partial charge in [-0.2, -0.15) is 0 Å². The van der Waals surface area contributed by atoms with Crippen LogP contribution in [0.25, 0.3) is 17.2 Å². The maximum Gasteiger partial charge on any atom is 0.305 e. The largest absolute Gasteiger partial charge is 0.481 e. The molecule has 0 fully saturated rings. The Hall–Kier alpha value is -2.61. The predicted molar refractivity (Wildman–Crippen MR) is 126 cm³/mol. The molecule has 6 nitrogen and oxygen atoms in total. The summed E-state index contributed by atoms with van der Waals surface area (Å²) < 4.78 is 19.2. The van der Waals surface area contributed by atoms with E-state index < -0.39 is 24.6 Å². The zero-order chi connectivity index (χ0) is 24.7. The average molecular weight is 460 g/mol. The summed E-state index contributed by atoms with van der Waals surface area (Å²) in [5.74, 6) is -1.28. The molecule has 2 unspecified atom stereocenters. The number of rotatable bonds is 11. The fourth-order valence-electron chi connectivity index (χ4n) is 3.85. The van der Waals surface area contributed by atoms with E-state index in [-0.39, 0.29) is 24.1 Å². The number of aromatic nitrogens is 1. The van der Waals surface area contributed by atoms with Crippen molar-refractivity contribution in [3.63, 3.8) is 0 Å². The topological polar surface area (TPSA) is 99.9 Å². The van der Waals surface area contributed by atoms with Crippen LogP contribution >= 0.6 is 0 Å². The SMILES string of the molecule is COCc1c(C(C)C)nc(C(C)C)c(/C=C/C(O)CC(O)CC(=O)O)c1-c1ccc(F)cc1. The molecule has 0 bridgehead atoms. The van der Waals surface area contributed by atoms with Crippen LogP contribution in [0.1, 0.15) is 74.9 Å². The Morgan fingerprint density at radius 1 is 1.09 bits per heavy atom. The lowest BCUT2D eigenvalue weighted by Crippen LogP contribution is -2.19. The second-order valence-corrected chi connectivity index (χ2v) is 8.81. The van der Waals surface area contributed by atoms with Crippen molar-refractivity contribution in [2.24, 2.45) is 0 Å². The quantitative estimate of drug-likeness (QED) is 0.443. The lowest BCUT2D eigenvalue weighted by atomic mass is 9.87. The molecule has 0 aliphatic rings. The zero-order valence-electron chi connectivity index (χ0n) is 19.9. The molecule has 2 atom stereocenters. The summed E-state index contributed by atoms with van der Waals surface area (Å²) in [7, 11) is 1.61. The molecule has 0 spiro atoms. The Morgan fingerprint density at radius 3 is 2.21 bits per heavy atom. The Balaban J connectivity index is 2.69. The lowest BCUT2D eigenvalue weighted by Gasteiger charge is -2.23. The standard InChI is InChI=1S/C26H34FNO5/c1-15(2)25-21(11-10-19(29)12-20(30)13-23(31)32)24(17-6-8-18(27)9-7-17)22(14-33-5)26(28-25)16(3)4/h6-11,15-16,19-20,29-30H,12-14H2,1-5H3,(H,31,32)/b11-10+. The number of hydrogen-bond acceptors (Lipinski definition) is 5. The predicted octanol–water partition coefficient (Wildman–Crippen LogP) is 4.88. The van der Waals surface area contributed by atoms with Gasteiger partial charge in [0.25, 0.3) is 0 Å².